The molecule has 3 heterocycles. The van der Waals surface area contributed by atoms with Crippen molar-refractivity contribution in [1.29, 1.82) is 0 Å². The summed E-state index contributed by atoms with van der Waals surface area (Å²) in [6.07, 6.45) is 0. The van der Waals surface area contributed by atoms with Crippen LogP contribution in [0.3, 0.4) is 0 Å². The molecule has 0 radical (unpaired) electrons. The zero-order valence-electron chi connectivity index (χ0n) is 13.3. The molecule has 1 aliphatic heterocycles. The number of piperazine rings is 1. The molecule has 5 nitrogen and oxygen atoms in total. The molecule has 1 saturated heterocycles. The fraction of sp³-hybridized carbons (Fsp3) is 0.500. The molecule has 3 rings (SSSR count). The first-order valence-corrected chi connectivity index (χ1v) is 8.35. The highest BCUT2D eigenvalue weighted by molar-refractivity contribution is 7.12. The van der Waals surface area contributed by atoms with Crippen LogP contribution >= 0.6 is 11.3 Å². The van der Waals surface area contributed by atoms with Crippen LogP contribution in [0.2, 0.25) is 0 Å². The number of amides is 1. The van der Waals surface area contributed by atoms with E-state index in [-0.39, 0.29) is 5.91 Å². The van der Waals surface area contributed by atoms with Crippen molar-refractivity contribution >= 4 is 17.2 Å². The van der Waals surface area contributed by atoms with Gasteiger partial charge in [-0.3, -0.25) is 9.69 Å². The van der Waals surface area contributed by atoms with Gasteiger partial charge in [0.25, 0.3) is 5.91 Å². The van der Waals surface area contributed by atoms with E-state index in [4.69, 9.17) is 4.52 Å². The molecule has 0 N–H and O–H groups in total. The first kappa shape index (κ1) is 15.2. The zero-order valence-corrected chi connectivity index (χ0v) is 14.1. The Bertz CT molecular complexity index is 669. The lowest BCUT2D eigenvalue weighted by molar-refractivity contribution is 0.0625. The van der Waals surface area contributed by atoms with Crippen molar-refractivity contribution in [2.24, 2.45) is 0 Å². The molecule has 0 bridgehead atoms. The lowest BCUT2D eigenvalue weighted by atomic mass is 10.2. The highest BCUT2D eigenvalue weighted by Crippen LogP contribution is 2.22. The highest BCUT2D eigenvalue weighted by atomic mass is 32.1. The minimum Gasteiger partial charge on any atom is -0.361 e. The summed E-state index contributed by atoms with van der Waals surface area (Å²) in [4.78, 5) is 19.2. The number of nitrogens with zero attached hydrogens (tertiary/aromatic N) is 3. The molecule has 0 saturated carbocycles. The molecule has 1 fully saturated rings. The van der Waals surface area contributed by atoms with Gasteiger partial charge in [-0.1, -0.05) is 5.16 Å². The number of rotatable bonds is 3. The third-order valence-electron chi connectivity index (χ3n) is 3.99. The van der Waals surface area contributed by atoms with Crippen LogP contribution < -0.4 is 0 Å². The molecule has 1 aliphatic rings. The molecule has 0 unspecified atom stereocenters. The van der Waals surface area contributed by atoms with Gasteiger partial charge in [0.2, 0.25) is 0 Å². The maximum absolute atomic E-state index is 12.6. The maximum atomic E-state index is 12.6. The highest BCUT2D eigenvalue weighted by Gasteiger charge is 2.24. The van der Waals surface area contributed by atoms with E-state index in [0.717, 1.165) is 54.6 Å². The Morgan fingerprint density at radius 2 is 1.95 bits per heavy atom. The predicted molar refractivity (Wildman–Crippen MR) is 86.2 cm³/mol. The first-order chi connectivity index (χ1) is 10.5. The van der Waals surface area contributed by atoms with Crippen LogP contribution in [0, 0.1) is 20.8 Å². The van der Waals surface area contributed by atoms with Crippen molar-refractivity contribution in [3.63, 3.8) is 0 Å². The quantitative estimate of drug-likeness (QED) is 0.872. The fourth-order valence-corrected chi connectivity index (χ4v) is 3.76. The molecular formula is C16H21N3O2S. The topological polar surface area (TPSA) is 49.6 Å². The SMILES string of the molecule is Cc1cc(CN2CCN(C(=O)c3cc(C)sc3C)CC2)no1. The van der Waals surface area contributed by atoms with Crippen LogP contribution in [0.1, 0.15) is 31.6 Å². The van der Waals surface area contributed by atoms with Gasteiger partial charge in [-0.25, -0.2) is 0 Å². The largest absolute Gasteiger partial charge is 0.361 e. The van der Waals surface area contributed by atoms with Gasteiger partial charge in [-0.2, -0.15) is 0 Å². The summed E-state index contributed by atoms with van der Waals surface area (Å²) in [6.45, 7) is 10.0. The van der Waals surface area contributed by atoms with Crippen LogP contribution in [-0.4, -0.2) is 47.0 Å². The van der Waals surface area contributed by atoms with E-state index in [1.807, 2.05) is 37.8 Å². The van der Waals surface area contributed by atoms with E-state index in [9.17, 15) is 4.79 Å². The summed E-state index contributed by atoms with van der Waals surface area (Å²) >= 11 is 1.69. The zero-order chi connectivity index (χ0) is 15.7. The second-order valence-electron chi connectivity index (χ2n) is 5.82. The van der Waals surface area contributed by atoms with Crippen LogP contribution in [-0.2, 0) is 6.54 Å². The van der Waals surface area contributed by atoms with Gasteiger partial charge in [0, 0.05) is 48.5 Å². The third kappa shape index (κ3) is 3.23. The van der Waals surface area contributed by atoms with Crippen LogP contribution in [0.4, 0.5) is 0 Å². The Balaban J connectivity index is 1.57. The molecule has 0 spiro atoms. The molecule has 118 valence electrons. The summed E-state index contributed by atoms with van der Waals surface area (Å²) < 4.78 is 5.10. The molecule has 22 heavy (non-hydrogen) atoms. The summed E-state index contributed by atoms with van der Waals surface area (Å²) in [7, 11) is 0. The first-order valence-electron chi connectivity index (χ1n) is 7.54. The second kappa shape index (κ2) is 6.22. The van der Waals surface area contributed by atoms with Crippen molar-refractivity contribution in [1.82, 2.24) is 15.0 Å². The Kier molecular flexibility index (Phi) is 4.31. The van der Waals surface area contributed by atoms with Crippen molar-refractivity contribution < 1.29 is 9.32 Å². The lowest BCUT2D eigenvalue weighted by Gasteiger charge is -2.34. The van der Waals surface area contributed by atoms with E-state index >= 15 is 0 Å². The molecule has 1 amide bonds. The van der Waals surface area contributed by atoms with E-state index in [1.54, 1.807) is 11.3 Å². The molecule has 0 aliphatic carbocycles. The van der Waals surface area contributed by atoms with E-state index < -0.39 is 0 Å². The molecular weight excluding hydrogens is 298 g/mol. The van der Waals surface area contributed by atoms with Gasteiger partial charge >= 0.3 is 0 Å². The van der Waals surface area contributed by atoms with Gasteiger partial charge in [-0.15, -0.1) is 11.3 Å². The predicted octanol–water partition coefficient (Wildman–Crippen LogP) is 2.62. The Morgan fingerprint density at radius 1 is 1.23 bits per heavy atom. The number of thiophene rings is 1. The third-order valence-corrected chi connectivity index (χ3v) is 4.96. The number of aryl methyl sites for hydroxylation is 3. The van der Waals surface area contributed by atoms with Crippen molar-refractivity contribution in [2.75, 3.05) is 26.2 Å². The summed E-state index contributed by atoms with van der Waals surface area (Å²) in [5, 5.41) is 4.03. The number of hydrogen-bond donors (Lipinski definition) is 0. The number of hydrogen-bond acceptors (Lipinski definition) is 5. The molecule has 2 aromatic rings. The van der Waals surface area contributed by atoms with Gasteiger partial charge in [-0.05, 0) is 26.8 Å². The molecule has 6 heteroatoms. The van der Waals surface area contributed by atoms with E-state index in [2.05, 4.69) is 10.1 Å². The van der Waals surface area contributed by atoms with Gasteiger partial charge < -0.3 is 9.42 Å². The van der Waals surface area contributed by atoms with Crippen molar-refractivity contribution in [3.05, 3.63) is 38.9 Å². The van der Waals surface area contributed by atoms with Gasteiger partial charge in [0.15, 0.2) is 0 Å². The van der Waals surface area contributed by atoms with Gasteiger partial charge in [0.1, 0.15) is 5.76 Å². The van der Waals surface area contributed by atoms with Crippen LogP contribution in [0.5, 0.6) is 0 Å². The van der Waals surface area contributed by atoms with Gasteiger partial charge in [0.05, 0.1) is 11.3 Å². The minimum absolute atomic E-state index is 0.166. The molecule has 0 aromatic carbocycles. The fourth-order valence-electron chi connectivity index (χ4n) is 2.84. The lowest BCUT2D eigenvalue weighted by Crippen LogP contribution is -2.48. The normalized spacial score (nSPS) is 16.2. The van der Waals surface area contributed by atoms with E-state index in [1.165, 1.54) is 4.88 Å². The summed E-state index contributed by atoms with van der Waals surface area (Å²) in [5.41, 5.74) is 1.82. The van der Waals surface area contributed by atoms with E-state index in [0.29, 0.717) is 0 Å². The van der Waals surface area contributed by atoms with Crippen LogP contribution in [0.15, 0.2) is 16.7 Å². The molecule has 0 atom stereocenters. The van der Waals surface area contributed by atoms with Crippen molar-refractivity contribution in [2.45, 2.75) is 27.3 Å². The summed E-state index contributed by atoms with van der Waals surface area (Å²) in [5.74, 6) is 1.01. The minimum atomic E-state index is 0.166. The molecule has 2 aromatic heterocycles. The smallest absolute Gasteiger partial charge is 0.255 e. The Hall–Kier alpha value is -1.66. The average molecular weight is 319 g/mol. The maximum Gasteiger partial charge on any atom is 0.255 e. The average Bonchev–Trinajstić information content (AvgIpc) is 3.04. The second-order valence-corrected chi connectivity index (χ2v) is 7.28. The Morgan fingerprint density at radius 3 is 2.50 bits per heavy atom. The summed E-state index contributed by atoms with van der Waals surface area (Å²) in [6, 6.07) is 3.97. The standard InChI is InChI=1S/C16H21N3O2S/c1-11-8-14(17-21-11)10-18-4-6-19(7-5-18)16(20)15-9-12(2)22-13(15)3/h8-9H,4-7,10H2,1-3H3. The number of aromatic nitrogens is 1. The van der Waals surface area contributed by atoms with Crippen molar-refractivity contribution in [3.8, 4) is 0 Å². The number of carbonyl (C=O) groups excluding carboxylic acids is 1. The van der Waals surface area contributed by atoms with Crippen LogP contribution in [0.25, 0.3) is 0 Å². The monoisotopic (exact) mass is 319 g/mol. The number of carbonyl (C=O) groups is 1. The Labute approximate surface area is 134 Å².